The molecule has 0 amide bonds. The van der Waals surface area contributed by atoms with Crippen LogP contribution in [0.15, 0.2) is 81.5 Å². The highest BCUT2D eigenvalue weighted by molar-refractivity contribution is 8.23. The minimum Gasteiger partial charge on any atom is -0.289 e. The maximum Gasteiger partial charge on any atom is 0.193 e. The predicted molar refractivity (Wildman–Crippen MR) is 85.1 cm³/mol. The number of allylic oxidation sites excluding steroid dienone is 3. The quantitative estimate of drug-likeness (QED) is 0.645. The molecule has 0 N–H and O–H groups in total. The number of hydrogen-bond acceptors (Lipinski definition) is 1. The lowest BCUT2D eigenvalue weighted by molar-refractivity contribution is 0.103. The Labute approximate surface area is 122 Å². The Morgan fingerprint density at radius 3 is 2.45 bits per heavy atom. The van der Waals surface area contributed by atoms with Crippen LogP contribution in [0.25, 0.3) is 0 Å². The Morgan fingerprint density at radius 1 is 1.05 bits per heavy atom. The summed E-state index contributed by atoms with van der Waals surface area (Å²) in [6.07, 6.45) is 2.03. The SMILES string of the molecule is CC1=CC(C(=O)c2ccccc2)=C[SH]1c1cc[c]cc1. The first-order valence-electron chi connectivity index (χ1n) is 6.51. The van der Waals surface area contributed by atoms with Crippen molar-refractivity contribution in [2.24, 2.45) is 0 Å². The van der Waals surface area contributed by atoms with Crippen molar-refractivity contribution in [1.29, 1.82) is 0 Å². The van der Waals surface area contributed by atoms with E-state index in [2.05, 4.69) is 30.5 Å². The van der Waals surface area contributed by atoms with Crippen LogP contribution >= 0.6 is 10.9 Å². The number of ketones is 1. The van der Waals surface area contributed by atoms with E-state index in [1.54, 1.807) is 0 Å². The summed E-state index contributed by atoms with van der Waals surface area (Å²) >= 11 is 0. The highest BCUT2D eigenvalue weighted by Crippen LogP contribution is 2.50. The van der Waals surface area contributed by atoms with Gasteiger partial charge in [-0.05, 0) is 46.4 Å². The zero-order valence-corrected chi connectivity index (χ0v) is 12.1. The van der Waals surface area contributed by atoms with Crippen molar-refractivity contribution in [3.63, 3.8) is 0 Å². The molecule has 0 spiro atoms. The number of hydrogen-bond donors (Lipinski definition) is 1. The van der Waals surface area contributed by atoms with Crippen LogP contribution in [-0.4, -0.2) is 5.78 Å². The minimum atomic E-state index is -0.505. The molecule has 0 saturated carbocycles. The van der Waals surface area contributed by atoms with E-state index < -0.39 is 10.9 Å². The van der Waals surface area contributed by atoms with Crippen LogP contribution in [0.2, 0.25) is 0 Å². The average Bonchev–Trinajstić information content (AvgIpc) is 2.90. The second-order valence-electron chi connectivity index (χ2n) is 4.69. The third-order valence-electron chi connectivity index (χ3n) is 3.29. The fourth-order valence-corrected chi connectivity index (χ4v) is 4.25. The van der Waals surface area contributed by atoms with Gasteiger partial charge >= 0.3 is 0 Å². The normalized spacial score (nSPS) is 19.4. The lowest BCUT2D eigenvalue weighted by Gasteiger charge is -2.14. The van der Waals surface area contributed by atoms with Gasteiger partial charge in [-0.2, -0.15) is 10.9 Å². The number of thiol groups is 1. The molecule has 0 bridgehead atoms. The van der Waals surface area contributed by atoms with Gasteiger partial charge in [0.15, 0.2) is 5.78 Å². The molecule has 2 heteroatoms. The van der Waals surface area contributed by atoms with Gasteiger partial charge in [0, 0.05) is 11.1 Å². The number of carbonyl (C=O) groups is 1. The van der Waals surface area contributed by atoms with Crippen molar-refractivity contribution < 1.29 is 4.79 Å². The summed E-state index contributed by atoms with van der Waals surface area (Å²) in [6.45, 7) is 2.10. The number of rotatable bonds is 3. The molecule has 2 aromatic rings. The first-order valence-corrected chi connectivity index (χ1v) is 7.92. The Kier molecular flexibility index (Phi) is 3.57. The summed E-state index contributed by atoms with van der Waals surface area (Å²) in [6, 6.07) is 20.5. The maximum absolute atomic E-state index is 12.5. The molecule has 1 radical (unpaired) electrons. The molecule has 1 heterocycles. The molecule has 1 aliphatic heterocycles. The largest absolute Gasteiger partial charge is 0.289 e. The number of Topliss-reactive ketones (excluding diaryl/α,β-unsaturated/α-hetero) is 1. The molecule has 3 rings (SSSR count). The van der Waals surface area contributed by atoms with Crippen LogP contribution < -0.4 is 0 Å². The summed E-state index contributed by atoms with van der Waals surface area (Å²) in [5.74, 6) is 0.109. The van der Waals surface area contributed by atoms with Gasteiger partial charge in [-0.15, -0.1) is 0 Å². The Hall–Kier alpha value is -2.06. The van der Waals surface area contributed by atoms with Gasteiger partial charge in [0.05, 0.1) is 0 Å². The average molecular weight is 279 g/mol. The highest BCUT2D eigenvalue weighted by Gasteiger charge is 2.19. The molecule has 1 aliphatic rings. The van der Waals surface area contributed by atoms with E-state index in [0.717, 1.165) is 11.1 Å². The third kappa shape index (κ3) is 2.47. The van der Waals surface area contributed by atoms with Crippen LogP contribution in [0.5, 0.6) is 0 Å². The van der Waals surface area contributed by atoms with Gasteiger partial charge in [-0.3, -0.25) is 4.79 Å². The summed E-state index contributed by atoms with van der Waals surface area (Å²) in [7, 11) is -0.505. The van der Waals surface area contributed by atoms with Gasteiger partial charge in [-0.1, -0.05) is 42.5 Å². The van der Waals surface area contributed by atoms with E-state index in [1.165, 1.54) is 9.80 Å². The Bertz CT molecular complexity index is 684. The molecule has 1 unspecified atom stereocenters. The predicted octanol–water partition coefficient (Wildman–Crippen LogP) is 4.53. The molecule has 20 heavy (non-hydrogen) atoms. The Morgan fingerprint density at radius 2 is 1.75 bits per heavy atom. The van der Waals surface area contributed by atoms with Gasteiger partial charge in [0.1, 0.15) is 0 Å². The highest BCUT2D eigenvalue weighted by atomic mass is 32.2. The van der Waals surface area contributed by atoms with E-state index in [0.29, 0.717) is 0 Å². The molecule has 0 aromatic heterocycles. The molecular weight excluding hydrogens is 264 g/mol. The van der Waals surface area contributed by atoms with Crippen molar-refractivity contribution in [3.05, 3.63) is 88.2 Å². The van der Waals surface area contributed by atoms with Crippen LogP contribution in [0, 0.1) is 6.07 Å². The number of benzene rings is 2. The summed E-state index contributed by atoms with van der Waals surface area (Å²) in [4.78, 5) is 15.0. The van der Waals surface area contributed by atoms with Crippen LogP contribution in [0.3, 0.4) is 0 Å². The fraction of sp³-hybridized carbons (Fsp3) is 0.0556. The smallest absolute Gasteiger partial charge is 0.193 e. The third-order valence-corrected chi connectivity index (χ3v) is 5.57. The fourth-order valence-electron chi connectivity index (χ4n) is 2.27. The summed E-state index contributed by atoms with van der Waals surface area (Å²) in [5, 5.41) is 2.12. The molecule has 0 aliphatic carbocycles. The first kappa shape index (κ1) is 12.9. The van der Waals surface area contributed by atoms with Crippen LogP contribution in [0.4, 0.5) is 0 Å². The van der Waals surface area contributed by atoms with E-state index in [1.807, 2.05) is 48.5 Å². The molecular formula is C18H15OS. The standard InChI is InChI=1S/C18H15OS/c1-14-12-16(18(19)15-8-4-2-5-9-15)13-20(14)17-10-6-3-7-11-17/h2,4-13,20H,1H3. The van der Waals surface area contributed by atoms with Crippen molar-refractivity contribution in [3.8, 4) is 0 Å². The van der Waals surface area contributed by atoms with Crippen LogP contribution in [-0.2, 0) is 0 Å². The second kappa shape index (κ2) is 5.51. The second-order valence-corrected chi connectivity index (χ2v) is 6.91. The van der Waals surface area contributed by atoms with E-state index in [-0.39, 0.29) is 5.78 Å². The van der Waals surface area contributed by atoms with E-state index >= 15 is 0 Å². The van der Waals surface area contributed by atoms with Crippen LogP contribution in [0.1, 0.15) is 17.3 Å². The topological polar surface area (TPSA) is 17.1 Å². The van der Waals surface area contributed by atoms with Crippen molar-refractivity contribution in [2.75, 3.05) is 0 Å². The monoisotopic (exact) mass is 279 g/mol. The maximum atomic E-state index is 12.5. The van der Waals surface area contributed by atoms with Crippen molar-refractivity contribution in [1.82, 2.24) is 0 Å². The van der Waals surface area contributed by atoms with Gasteiger partial charge in [-0.25, -0.2) is 0 Å². The Balaban J connectivity index is 1.92. The van der Waals surface area contributed by atoms with Crippen molar-refractivity contribution in [2.45, 2.75) is 11.8 Å². The number of carbonyl (C=O) groups excluding carboxylic acids is 1. The minimum absolute atomic E-state index is 0.109. The molecule has 2 aromatic carbocycles. The van der Waals surface area contributed by atoms with Gasteiger partial charge in [0.25, 0.3) is 0 Å². The van der Waals surface area contributed by atoms with Gasteiger partial charge < -0.3 is 0 Å². The zero-order chi connectivity index (χ0) is 13.9. The summed E-state index contributed by atoms with van der Waals surface area (Å²) in [5.41, 5.74) is 1.56. The lowest BCUT2D eigenvalue weighted by atomic mass is 10.0. The molecule has 0 fully saturated rings. The van der Waals surface area contributed by atoms with E-state index in [9.17, 15) is 4.79 Å². The molecule has 99 valence electrons. The van der Waals surface area contributed by atoms with Crippen molar-refractivity contribution >= 4 is 16.7 Å². The summed E-state index contributed by atoms with van der Waals surface area (Å²) < 4.78 is 0. The van der Waals surface area contributed by atoms with Gasteiger partial charge in [0.2, 0.25) is 0 Å². The zero-order valence-electron chi connectivity index (χ0n) is 11.2. The lowest BCUT2D eigenvalue weighted by Crippen LogP contribution is -1.99. The van der Waals surface area contributed by atoms with E-state index in [4.69, 9.17) is 0 Å². The first-order chi connectivity index (χ1) is 9.75. The molecule has 1 nitrogen and oxygen atoms in total. The molecule has 1 atom stereocenters. The molecule has 0 saturated heterocycles.